The lowest BCUT2D eigenvalue weighted by Crippen LogP contribution is -2.21. The summed E-state index contributed by atoms with van der Waals surface area (Å²) < 4.78 is 4.69. The molecule has 0 bridgehead atoms. The molecule has 11 heavy (non-hydrogen) atoms. The Morgan fingerprint density at radius 2 is 2.55 bits per heavy atom. The Morgan fingerprint density at radius 3 is 3.09 bits per heavy atom. The maximum Gasteiger partial charge on any atom is 0.127 e. The SMILES string of the molecule is CCCC(N)Cc1cnoc1. The Bertz CT molecular complexity index is 184. The summed E-state index contributed by atoms with van der Waals surface area (Å²) in [6.07, 6.45) is 6.43. The second-order valence-electron chi connectivity index (χ2n) is 2.79. The van der Waals surface area contributed by atoms with E-state index in [-0.39, 0.29) is 6.04 Å². The van der Waals surface area contributed by atoms with Gasteiger partial charge in [0, 0.05) is 11.6 Å². The molecule has 0 aliphatic heterocycles. The highest BCUT2D eigenvalue weighted by Gasteiger charge is 2.03. The minimum absolute atomic E-state index is 0.249. The zero-order valence-electron chi connectivity index (χ0n) is 6.79. The van der Waals surface area contributed by atoms with E-state index in [2.05, 4.69) is 16.6 Å². The van der Waals surface area contributed by atoms with E-state index < -0.39 is 0 Å². The second kappa shape index (κ2) is 4.13. The summed E-state index contributed by atoms with van der Waals surface area (Å²) in [6, 6.07) is 0.249. The van der Waals surface area contributed by atoms with Crippen molar-refractivity contribution in [2.24, 2.45) is 5.73 Å². The first-order valence-electron chi connectivity index (χ1n) is 3.96. The summed E-state index contributed by atoms with van der Waals surface area (Å²) >= 11 is 0. The Balaban J connectivity index is 2.31. The normalized spacial score (nSPS) is 13.3. The molecule has 0 aliphatic carbocycles. The van der Waals surface area contributed by atoms with Gasteiger partial charge >= 0.3 is 0 Å². The van der Waals surface area contributed by atoms with Crippen LogP contribution in [-0.4, -0.2) is 11.2 Å². The van der Waals surface area contributed by atoms with Crippen molar-refractivity contribution in [2.45, 2.75) is 32.2 Å². The third kappa shape index (κ3) is 2.72. The molecule has 0 fully saturated rings. The highest BCUT2D eigenvalue weighted by Crippen LogP contribution is 2.03. The van der Waals surface area contributed by atoms with Crippen LogP contribution in [0.5, 0.6) is 0 Å². The van der Waals surface area contributed by atoms with Gasteiger partial charge in [0.25, 0.3) is 0 Å². The fourth-order valence-electron chi connectivity index (χ4n) is 1.10. The maximum absolute atomic E-state index is 5.81. The van der Waals surface area contributed by atoms with Crippen LogP contribution in [0.2, 0.25) is 0 Å². The number of hydrogen-bond donors (Lipinski definition) is 1. The van der Waals surface area contributed by atoms with Crippen molar-refractivity contribution in [3.8, 4) is 0 Å². The van der Waals surface area contributed by atoms with Gasteiger partial charge in [0.15, 0.2) is 0 Å². The van der Waals surface area contributed by atoms with E-state index in [4.69, 9.17) is 5.73 Å². The molecule has 0 saturated carbocycles. The Morgan fingerprint density at radius 1 is 1.73 bits per heavy atom. The van der Waals surface area contributed by atoms with Gasteiger partial charge < -0.3 is 10.3 Å². The van der Waals surface area contributed by atoms with Crippen LogP contribution < -0.4 is 5.73 Å². The molecule has 0 aliphatic rings. The van der Waals surface area contributed by atoms with E-state index >= 15 is 0 Å². The molecule has 62 valence electrons. The second-order valence-corrected chi connectivity index (χ2v) is 2.79. The monoisotopic (exact) mass is 154 g/mol. The third-order valence-electron chi connectivity index (χ3n) is 1.64. The summed E-state index contributed by atoms with van der Waals surface area (Å²) in [4.78, 5) is 0. The van der Waals surface area contributed by atoms with Gasteiger partial charge in [0.2, 0.25) is 0 Å². The average molecular weight is 154 g/mol. The molecule has 3 nitrogen and oxygen atoms in total. The Labute approximate surface area is 66.6 Å². The van der Waals surface area contributed by atoms with Crippen LogP contribution in [0.15, 0.2) is 17.0 Å². The fourth-order valence-corrected chi connectivity index (χ4v) is 1.10. The number of nitrogens with zero attached hydrogens (tertiary/aromatic N) is 1. The fraction of sp³-hybridized carbons (Fsp3) is 0.625. The highest BCUT2D eigenvalue weighted by atomic mass is 16.5. The Hall–Kier alpha value is -0.830. The van der Waals surface area contributed by atoms with Gasteiger partial charge in [-0.15, -0.1) is 0 Å². The zero-order chi connectivity index (χ0) is 8.10. The van der Waals surface area contributed by atoms with Gasteiger partial charge in [0.1, 0.15) is 6.26 Å². The van der Waals surface area contributed by atoms with Crippen LogP contribution in [0.3, 0.4) is 0 Å². The molecule has 1 unspecified atom stereocenters. The minimum Gasteiger partial charge on any atom is -0.364 e. The molecule has 2 N–H and O–H groups in total. The predicted octanol–water partition coefficient (Wildman–Crippen LogP) is 1.34. The van der Waals surface area contributed by atoms with Gasteiger partial charge in [-0.2, -0.15) is 0 Å². The van der Waals surface area contributed by atoms with E-state index in [0.29, 0.717) is 0 Å². The first kappa shape index (κ1) is 8.27. The quantitative estimate of drug-likeness (QED) is 0.712. The molecule has 0 saturated heterocycles. The summed E-state index contributed by atoms with van der Waals surface area (Å²) in [7, 11) is 0. The van der Waals surface area contributed by atoms with Crippen molar-refractivity contribution in [1.29, 1.82) is 0 Å². The molecule has 0 spiro atoms. The van der Waals surface area contributed by atoms with Crippen molar-refractivity contribution in [2.75, 3.05) is 0 Å². The van der Waals surface area contributed by atoms with Crippen molar-refractivity contribution < 1.29 is 4.52 Å². The molecule has 1 aromatic heterocycles. The summed E-state index contributed by atoms with van der Waals surface area (Å²) in [5, 5.41) is 3.60. The van der Waals surface area contributed by atoms with Crippen molar-refractivity contribution >= 4 is 0 Å². The van der Waals surface area contributed by atoms with E-state index in [9.17, 15) is 0 Å². The summed E-state index contributed by atoms with van der Waals surface area (Å²) in [5.74, 6) is 0. The average Bonchev–Trinajstić information content (AvgIpc) is 2.40. The molecule has 1 rings (SSSR count). The Kier molecular flexibility index (Phi) is 3.11. The number of hydrogen-bond acceptors (Lipinski definition) is 3. The van der Waals surface area contributed by atoms with Crippen molar-refractivity contribution in [3.05, 3.63) is 18.0 Å². The van der Waals surface area contributed by atoms with E-state index in [1.807, 2.05) is 0 Å². The predicted molar refractivity (Wildman–Crippen MR) is 43.1 cm³/mol. The van der Waals surface area contributed by atoms with Crippen LogP contribution in [-0.2, 0) is 6.42 Å². The molecule has 0 radical (unpaired) electrons. The molecule has 1 heterocycles. The van der Waals surface area contributed by atoms with Crippen LogP contribution in [0.1, 0.15) is 25.3 Å². The van der Waals surface area contributed by atoms with Gasteiger partial charge in [0.05, 0.1) is 6.20 Å². The lowest BCUT2D eigenvalue weighted by Gasteiger charge is -2.06. The van der Waals surface area contributed by atoms with Gasteiger partial charge in [-0.05, 0) is 12.8 Å². The molecule has 0 aromatic carbocycles. The van der Waals surface area contributed by atoms with Crippen LogP contribution >= 0.6 is 0 Å². The lowest BCUT2D eigenvalue weighted by molar-refractivity contribution is 0.418. The molecular weight excluding hydrogens is 140 g/mol. The van der Waals surface area contributed by atoms with Crippen LogP contribution in [0, 0.1) is 0 Å². The van der Waals surface area contributed by atoms with E-state index in [0.717, 1.165) is 24.8 Å². The van der Waals surface area contributed by atoms with E-state index in [1.165, 1.54) is 0 Å². The zero-order valence-corrected chi connectivity index (χ0v) is 6.79. The topological polar surface area (TPSA) is 52.0 Å². The summed E-state index contributed by atoms with van der Waals surface area (Å²) in [5.41, 5.74) is 6.89. The first-order valence-corrected chi connectivity index (χ1v) is 3.96. The number of aromatic nitrogens is 1. The first-order chi connectivity index (χ1) is 5.33. The summed E-state index contributed by atoms with van der Waals surface area (Å²) in [6.45, 7) is 2.13. The maximum atomic E-state index is 5.81. The van der Waals surface area contributed by atoms with Gasteiger partial charge in [-0.1, -0.05) is 18.5 Å². The number of rotatable bonds is 4. The van der Waals surface area contributed by atoms with Crippen LogP contribution in [0.4, 0.5) is 0 Å². The standard InChI is InChI=1S/C8H14N2O/c1-2-3-8(9)4-7-5-10-11-6-7/h5-6,8H,2-4,9H2,1H3. The minimum atomic E-state index is 0.249. The lowest BCUT2D eigenvalue weighted by atomic mass is 10.1. The molecule has 0 amide bonds. The van der Waals surface area contributed by atoms with Crippen molar-refractivity contribution in [3.63, 3.8) is 0 Å². The van der Waals surface area contributed by atoms with Gasteiger partial charge in [-0.25, -0.2) is 0 Å². The van der Waals surface area contributed by atoms with E-state index in [1.54, 1.807) is 12.5 Å². The smallest absolute Gasteiger partial charge is 0.127 e. The molecule has 1 atom stereocenters. The highest BCUT2D eigenvalue weighted by molar-refractivity contribution is 5.02. The van der Waals surface area contributed by atoms with Crippen molar-refractivity contribution in [1.82, 2.24) is 5.16 Å². The van der Waals surface area contributed by atoms with Crippen LogP contribution in [0.25, 0.3) is 0 Å². The van der Waals surface area contributed by atoms with Gasteiger partial charge in [-0.3, -0.25) is 0 Å². The largest absolute Gasteiger partial charge is 0.364 e. The molecular formula is C8H14N2O. The molecule has 3 heteroatoms. The molecule has 1 aromatic rings. The third-order valence-corrected chi connectivity index (χ3v) is 1.64. The number of nitrogens with two attached hydrogens (primary N) is 1.